The van der Waals surface area contributed by atoms with Crippen LogP contribution in [0.15, 0.2) is 70.4 Å². The van der Waals surface area contributed by atoms with E-state index in [1.54, 1.807) is 30.3 Å². The van der Waals surface area contributed by atoms with E-state index in [0.29, 0.717) is 22.2 Å². The molecule has 9 heteroatoms. The van der Waals surface area contributed by atoms with Crippen LogP contribution in [-0.4, -0.2) is 15.4 Å². The molecule has 4 aromatic rings. The summed E-state index contributed by atoms with van der Waals surface area (Å²) in [7, 11) is 0. The number of benzene rings is 2. The maximum absolute atomic E-state index is 14.4. The van der Waals surface area contributed by atoms with Crippen LogP contribution >= 0.6 is 0 Å². The lowest BCUT2D eigenvalue weighted by atomic mass is 10.0. The zero-order valence-corrected chi connectivity index (χ0v) is 15.7. The highest BCUT2D eigenvalue weighted by molar-refractivity contribution is 5.92. The zero-order chi connectivity index (χ0) is 22.1. The van der Waals surface area contributed by atoms with E-state index in [2.05, 4.69) is 4.98 Å². The lowest BCUT2D eigenvalue weighted by Gasteiger charge is -2.12. The van der Waals surface area contributed by atoms with Crippen LogP contribution in [0.4, 0.5) is 13.2 Å². The number of fused-ring (bicyclic) bond motifs is 1. The molecule has 2 aromatic carbocycles. The van der Waals surface area contributed by atoms with Crippen molar-refractivity contribution in [3.05, 3.63) is 110 Å². The van der Waals surface area contributed by atoms with Gasteiger partial charge in [0.1, 0.15) is 29.5 Å². The summed E-state index contributed by atoms with van der Waals surface area (Å²) in [6, 6.07) is 12.3. The summed E-state index contributed by atoms with van der Waals surface area (Å²) in [6.07, 6.45) is 0.593. The molecule has 31 heavy (non-hydrogen) atoms. The molecule has 0 amide bonds. The number of nitrogens with zero attached hydrogens (tertiary/aromatic N) is 1. The van der Waals surface area contributed by atoms with E-state index >= 15 is 0 Å². The Balaban J connectivity index is 1.89. The van der Waals surface area contributed by atoms with Gasteiger partial charge in [0.2, 0.25) is 5.82 Å². The van der Waals surface area contributed by atoms with Gasteiger partial charge in [0.25, 0.3) is 11.1 Å². The van der Waals surface area contributed by atoms with Crippen LogP contribution in [0.3, 0.4) is 0 Å². The Morgan fingerprint density at radius 3 is 2.39 bits per heavy atom. The predicted molar refractivity (Wildman–Crippen MR) is 105 cm³/mol. The molecule has 2 heterocycles. The van der Waals surface area contributed by atoms with Crippen LogP contribution in [0.1, 0.15) is 15.9 Å². The van der Waals surface area contributed by atoms with Gasteiger partial charge in [-0.15, -0.1) is 0 Å². The van der Waals surface area contributed by atoms with Crippen molar-refractivity contribution in [3.8, 4) is 11.1 Å². The van der Waals surface area contributed by atoms with Gasteiger partial charge in [-0.05, 0) is 23.8 Å². The van der Waals surface area contributed by atoms with Crippen molar-refractivity contribution < 1.29 is 22.7 Å². The Hall–Kier alpha value is -4.14. The second-order valence-corrected chi connectivity index (χ2v) is 6.61. The minimum Gasteiger partial charge on any atom is -0.457 e. The van der Waals surface area contributed by atoms with Gasteiger partial charge >= 0.3 is 5.97 Å². The molecule has 0 unspecified atom stereocenters. The number of rotatable bonds is 4. The lowest BCUT2D eigenvalue weighted by molar-refractivity contribution is 0.0470. The normalized spacial score (nSPS) is 10.9. The average molecular weight is 426 g/mol. The van der Waals surface area contributed by atoms with Gasteiger partial charge in [-0.2, -0.15) is 4.39 Å². The molecule has 0 radical (unpaired) electrons. The van der Waals surface area contributed by atoms with Crippen LogP contribution < -0.4 is 11.1 Å². The number of halogens is 3. The monoisotopic (exact) mass is 426 g/mol. The van der Waals surface area contributed by atoms with Crippen molar-refractivity contribution in [3.63, 3.8) is 0 Å². The Morgan fingerprint density at radius 2 is 1.68 bits per heavy atom. The summed E-state index contributed by atoms with van der Waals surface area (Å²) in [5, 5.41) is 0. The molecular formula is C22H13F3N2O4. The van der Waals surface area contributed by atoms with Gasteiger partial charge in [-0.1, -0.05) is 30.3 Å². The Morgan fingerprint density at radius 1 is 0.935 bits per heavy atom. The number of pyridine rings is 1. The van der Waals surface area contributed by atoms with Gasteiger partial charge in [-0.3, -0.25) is 14.0 Å². The predicted octanol–water partition coefficient (Wildman–Crippen LogP) is 3.43. The molecule has 0 saturated carbocycles. The van der Waals surface area contributed by atoms with Crippen LogP contribution in [0, 0.1) is 17.5 Å². The third-order valence-corrected chi connectivity index (χ3v) is 4.58. The smallest absolute Gasteiger partial charge is 0.344 e. The summed E-state index contributed by atoms with van der Waals surface area (Å²) in [6.45, 7) is -0.137. The number of nitrogens with one attached hydrogen (secondary N) is 1. The van der Waals surface area contributed by atoms with Crippen molar-refractivity contribution in [2.45, 2.75) is 6.61 Å². The number of H-pyrrole nitrogens is 1. The summed E-state index contributed by atoms with van der Waals surface area (Å²) in [5.41, 5.74) is -2.58. The van der Waals surface area contributed by atoms with Crippen LogP contribution in [-0.2, 0) is 11.3 Å². The zero-order valence-electron chi connectivity index (χ0n) is 15.7. The molecule has 4 rings (SSSR count). The van der Waals surface area contributed by atoms with E-state index in [9.17, 15) is 27.6 Å². The molecule has 0 aliphatic rings. The topological polar surface area (TPSA) is 80.6 Å². The lowest BCUT2D eigenvalue weighted by Crippen LogP contribution is -2.27. The van der Waals surface area contributed by atoms with E-state index in [4.69, 9.17) is 4.74 Å². The molecule has 0 atom stereocenters. The molecule has 6 nitrogen and oxygen atoms in total. The highest BCUT2D eigenvalue weighted by Crippen LogP contribution is 2.27. The third-order valence-electron chi connectivity index (χ3n) is 4.58. The van der Waals surface area contributed by atoms with E-state index < -0.39 is 40.1 Å². The molecule has 0 bridgehead atoms. The largest absolute Gasteiger partial charge is 0.457 e. The van der Waals surface area contributed by atoms with Crippen molar-refractivity contribution in [2.75, 3.05) is 0 Å². The molecular weight excluding hydrogens is 413 g/mol. The Bertz CT molecular complexity index is 1430. The molecule has 0 aliphatic heterocycles. The standard InChI is InChI=1S/C22H13F3N2O4/c23-13-6-7-14(17(24)8-13)15-9-16(22(30)31-11-12-4-2-1-3-5-12)21(29)27-10-18(25)20(28)26-19(15)27/h1-10H,11H2,(H,26,28). The number of ether oxygens (including phenoxy) is 1. The Kier molecular flexibility index (Phi) is 5.16. The second kappa shape index (κ2) is 7.94. The molecule has 0 fully saturated rings. The van der Waals surface area contributed by atoms with Crippen molar-refractivity contribution in [1.29, 1.82) is 0 Å². The first-order valence-electron chi connectivity index (χ1n) is 9.00. The maximum Gasteiger partial charge on any atom is 0.344 e. The van der Waals surface area contributed by atoms with E-state index in [1.807, 2.05) is 0 Å². The van der Waals surface area contributed by atoms with Crippen LogP contribution in [0.2, 0.25) is 0 Å². The van der Waals surface area contributed by atoms with Crippen molar-refractivity contribution >= 4 is 11.6 Å². The summed E-state index contributed by atoms with van der Waals surface area (Å²) >= 11 is 0. The number of hydrogen-bond donors (Lipinski definition) is 1. The Labute approximate surface area is 172 Å². The van der Waals surface area contributed by atoms with Gasteiger partial charge in [0, 0.05) is 17.2 Å². The minimum atomic E-state index is -1.28. The van der Waals surface area contributed by atoms with Gasteiger partial charge in [-0.25, -0.2) is 13.6 Å². The van der Waals surface area contributed by atoms with Gasteiger partial charge in [0.15, 0.2) is 0 Å². The maximum atomic E-state index is 14.4. The van der Waals surface area contributed by atoms with Crippen LogP contribution in [0.5, 0.6) is 0 Å². The molecule has 1 N–H and O–H groups in total. The molecule has 0 spiro atoms. The van der Waals surface area contributed by atoms with E-state index in [0.717, 1.165) is 18.2 Å². The fourth-order valence-electron chi connectivity index (χ4n) is 3.09. The third kappa shape index (κ3) is 3.85. The highest BCUT2D eigenvalue weighted by Gasteiger charge is 2.21. The number of carbonyl (C=O) groups excluding carboxylic acids is 1. The molecule has 2 aromatic heterocycles. The quantitative estimate of drug-likeness (QED) is 0.507. The molecule has 0 aliphatic carbocycles. The van der Waals surface area contributed by atoms with Crippen molar-refractivity contribution in [2.24, 2.45) is 0 Å². The first-order chi connectivity index (χ1) is 14.8. The van der Waals surface area contributed by atoms with Crippen molar-refractivity contribution in [1.82, 2.24) is 9.38 Å². The summed E-state index contributed by atoms with van der Waals surface area (Å²) in [4.78, 5) is 39.3. The average Bonchev–Trinajstić information content (AvgIpc) is 2.75. The number of carbonyl (C=O) groups is 1. The van der Waals surface area contributed by atoms with E-state index in [1.165, 1.54) is 0 Å². The second-order valence-electron chi connectivity index (χ2n) is 6.61. The fraction of sp³-hybridized carbons (Fsp3) is 0.0455. The van der Waals surface area contributed by atoms with Crippen LogP contribution in [0.25, 0.3) is 16.8 Å². The first kappa shape index (κ1) is 20.1. The number of aromatic nitrogens is 2. The molecule has 156 valence electrons. The first-order valence-corrected chi connectivity index (χ1v) is 9.00. The minimum absolute atomic E-state index is 0.124. The fourth-order valence-corrected chi connectivity index (χ4v) is 3.09. The van der Waals surface area contributed by atoms with Gasteiger partial charge in [0.05, 0.1) is 6.20 Å². The highest BCUT2D eigenvalue weighted by atomic mass is 19.1. The SMILES string of the molecule is O=C(OCc1ccccc1)c1cc(-c2ccc(F)cc2F)c2[nH]c(=O)c(F)cn2c1=O. The summed E-state index contributed by atoms with van der Waals surface area (Å²) < 4.78 is 47.5. The van der Waals surface area contributed by atoms with Gasteiger partial charge < -0.3 is 9.72 Å². The number of hydrogen-bond acceptors (Lipinski definition) is 4. The molecule has 0 saturated heterocycles. The van der Waals surface area contributed by atoms with E-state index in [-0.39, 0.29) is 23.4 Å². The number of esters is 1. The number of aromatic amines is 1. The summed E-state index contributed by atoms with van der Waals surface area (Å²) in [5.74, 6) is -4.16.